The third-order valence-electron chi connectivity index (χ3n) is 3.60. The third-order valence-corrected chi connectivity index (χ3v) is 3.60. The van der Waals surface area contributed by atoms with Gasteiger partial charge in [-0.05, 0) is 6.92 Å². The second-order valence-corrected chi connectivity index (χ2v) is 4.98. The van der Waals surface area contributed by atoms with Crippen LogP contribution in [0.15, 0.2) is 12.7 Å². The zero-order valence-electron chi connectivity index (χ0n) is 12.2. The minimum atomic E-state index is -0.704. The zero-order valence-corrected chi connectivity index (χ0v) is 12.2. The van der Waals surface area contributed by atoms with Gasteiger partial charge >= 0.3 is 0 Å². The third kappa shape index (κ3) is 2.75. The maximum atomic E-state index is 9.85. The van der Waals surface area contributed by atoms with Crippen molar-refractivity contribution in [1.29, 1.82) is 0 Å². The first-order chi connectivity index (χ1) is 10.7. The van der Waals surface area contributed by atoms with Crippen molar-refractivity contribution < 1.29 is 19.7 Å². The van der Waals surface area contributed by atoms with Gasteiger partial charge in [0, 0.05) is 13.0 Å². The number of fused-ring (bicyclic) bond motifs is 1. The van der Waals surface area contributed by atoms with Gasteiger partial charge in [-0.25, -0.2) is 15.0 Å². The van der Waals surface area contributed by atoms with E-state index in [1.165, 1.54) is 6.33 Å². The summed E-state index contributed by atoms with van der Waals surface area (Å²) in [6.07, 6.45) is 1.71. The van der Waals surface area contributed by atoms with E-state index in [0.29, 0.717) is 36.7 Å². The molecule has 3 heterocycles. The van der Waals surface area contributed by atoms with Gasteiger partial charge in [-0.3, -0.25) is 4.57 Å². The molecule has 120 valence electrons. The fourth-order valence-corrected chi connectivity index (χ4v) is 2.46. The van der Waals surface area contributed by atoms with Gasteiger partial charge in [-0.1, -0.05) is 0 Å². The van der Waals surface area contributed by atoms with Crippen molar-refractivity contribution in [3.8, 4) is 0 Å². The Bertz CT molecular complexity index is 634. The highest BCUT2D eigenvalue weighted by molar-refractivity contribution is 5.82. The van der Waals surface area contributed by atoms with Gasteiger partial charge in [0.1, 0.15) is 25.4 Å². The van der Waals surface area contributed by atoms with E-state index < -0.39 is 18.4 Å². The van der Waals surface area contributed by atoms with Crippen LogP contribution < -0.4 is 5.32 Å². The Kier molecular flexibility index (Phi) is 4.48. The lowest BCUT2D eigenvalue weighted by Crippen LogP contribution is -2.24. The van der Waals surface area contributed by atoms with Crippen LogP contribution in [-0.2, 0) is 9.47 Å². The summed E-state index contributed by atoms with van der Waals surface area (Å²) in [6.45, 7) is 2.62. The number of aromatic nitrogens is 4. The fraction of sp³-hybridized carbons (Fsp3) is 0.615. The van der Waals surface area contributed by atoms with Crippen LogP contribution in [0, 0.1) is 0 Å². The predicted molar refractivity (Wildman–Crippen MR) is 77.1 cm³/mol. The molecule has 1 aliphatic heterocycles. The van der Waals surface area contributed by atoms with Gasteiger partial charge in [-0.15, -0.1) is 0 Å². The normalized spacial score (nSPS) is 25.0. The summed E-state index contributed by atoms with van der Waals surface area (Å²) < 4.78 is 12.6. The first kappa shape index (κ1) is 15.1. The van der Waals surface area contributed by atoms with Gasteiger partial charge in [0.05, 0.1) is 19.0 Å². The number of anilines is 1. The maximum absolute atomic E-state index is 9.85. The number of hydrogen-bond donors (Lipinski definition) is 3. The minimum Gasteiger partial charge on any atom is -0.394 e. The van der Waals surface area contributed by atoms with E-state index in [9.17, 15) is 10.2 Å². The molecule has 3 atom stereocenters. The molecule has 1 saturated heterocycles. The molecule has 0 amide bonds. The van der Waals surface area contributed by atoms with E-state index in [2.05, 4.69) is 20.3 Å². The second-order valence-electron chi connectivity index (χ2n) is 4.98. The van der Waals surface area contributed by atoms with Gasteiger partial charge in [-0.2, -0.15) is 0 Å². The van der Waals surface area contributed by atoms with Crippen molar-refractivity contribution in [2.75, 3.05) is 25.3 Å². The molecule has 9 heteroatoms. The Hall–Kier alpha value is -1.81. The molecule has 0 bridgehead atoms. The van der Waals surface area contributed by atoms with E-state index in [4.69, 9.17) is 9.47 Å². The van der Waals surface area contributed by atoms with Crippen LogP contribution in [0.2, 0.25) is 0 Å². The quantitative estimate of drug-likeness (QED) is 0.499. The van der Waals surface area contributed by atoms with Crippen LogP contribution in [0.3, 0.4) is 0 Å². The summed E-state index contributed by atoms with van der Waals surface area (Å²) in [4.78, 5) is 12.7. The molecule has 9 nitrogen and oxygen atoms in total. The summed E-state index contributed by atoms with van der Waals surface area (Å²) in [6, 6.07) is 0. The SMILES string of the molecule is CCOCNc1ncnc2c1ncn2[C@H]1C[C@H](O)[C@@H](CO)O1. The predicted octanol–water partition coefficient (Wildman–Crippen LogP) is -0.127. The van der Waals surface area contributed by atoms with Crippen LogP contribution in [-0.4, -0.2) is 61.9 Å². The lowest BCUT2D eigenvalue weighted by molar-refractivity contribution is -0.0432. The largest absolute Gasteiger partial charge is 0.394 e. The van der Waals surface area contributed by atoms with Crippen molar-refractivity contribution in [1.82, 2.24) is 19.5 Å². The molecule has 1 fully saturated rings. The maximum Gasteiger partial charge on any atom is 0.167 e. The lowest BCUT2D eigenvalue weighted by Gasteiger charge is -2.13. The van der Waals surface area contributed by atoms with Crippen LogP contribution in [0.1, 0.15) is 19.6 Å². The number of imidazole rings is 1. The van der Waals surface area contributed by atoms with Crippen molar-refractivity contribution >= 4 is 17.0 Å². The van der Waals surface area contributed by atoms with Gasteiger partial charge in [0.25, 0.3) is 0 Å². The first-order valence-electron chi connectivity index (χ1n) is 7.18. The molecule has 0 radical (unpaired) electrons. The first-order valence-corrected chi connectivity index (χ1v) is 7.18. The molecule has 2 aromatic heterocycles. The van der Waals surface area contributed by atoms with E-state index >= 15 is 0 Å². The number of nitrogens with zero attached hydrogens (tertiary/aromatic N) is 4. The van der Waals surface area contributed by atoms with E-state index in [-0.39, 0.29) is 6.61 Å². The van der Waals surface area contributed by atoms with Gasteiger partial charge in [0.2, 0.25) is 0 Å². The number of nitrogens with one attached hydrogen (secondary N) is 1. The molecular weight excluding hydrogens is 290 g/mol. The van der Waals surface area contributed by atoms with E-state index in [1.807, 2.05) is 6.92 Å². The molecule has 0 aromatic carbocycles. The van der Waals surface area contributed by atoms with Crippen molar-refractivity contribution in [3.05, 3.63) is 12.7 Å². The van der Waals surface area contributed by atoms with Crippen molar-refractivity contribution in [2.24, 2.45) is 0 Å². The number of aliphatic hydroxyl groups excluding tert-OH is 2. The Balaban J connectivity index is 1.85. The Morgan fingerprint density at radius 2 is 2.32 bits per heavy atom. The summed E-state index contributed by atoms with van der Waals surface area (Å²) in [5, 5.41) is 22.1. The van der Waals surface area contributed by atoms with Crippen LogP contribution >= 0.6 is 0 Å². The highest BCUT2D eigenvalue weighted by Crippen LogP contribution is 2.31. The lowest BCUT2D eigenvalue weighted by atomic mass is 10.2. The van der Waals surface area contributed by atoms with Crippen LogP contribution in [0.25, 0.3) is 11.2 Å². The topological polar surface area (TPSA) is 115 Å². The Morgan fingerprint density at radius 1 is 1.45 bits per heavy atom. The van der Waals surface area contributed by atoms with Crippen molar-refractivity contribution in [2.45, 2.75) is 31.8 Å². The summed E-state index contributed by atoms with van der Waals surface area (Å²) in [7, 11) is 0. The molecule has 2 aromatic rings. The minimum absolute atomic E-state index is 0.222. The molecule has 0 spiro atoms. The molecule has 0 aliphatic carbocycles. The molecule has 0 unspecified atom stereocenters. The summed E-state index contributed by atoms with van der Waals surface area (Å²) in [5.74, 6) is 0.578. The average molecular weight is 309 g/mol. The van der Waals surface area contributed by atoms with Crippen molar-refractivity contribution in [3.63, 3.8) is 0 Å². The standard InChI is InChI=1S/C13H19N5O4/c1-2-21-7-17-12-11-13(15-5-14-12)18(6-16-11)10-3-8(20)9(4-19)22-10/h5-6,8-10,19-20H,2-4,7H2,1H3,(H,14,15,17)/t8-,9+,10+/m0/s1. The number of rotatable bonds is 6. The van der Waals surface area contributed by atoms with Crippen LogP contribution in [0.4, 0.5) is 5.82 Å². The Morgan fingerprint density at radius 3 is 3.05 bits per heavy atom. The summed E-state index contributed by atoms with van der Waals surface area (Å²) >= 11 is 0. The fourth-order valence-electron chi connectivity index (χ4n) is 2.46. The average Bonchev–Trinajstić information content (AvgIpc) is 3.11. The number of ether oxygens (including phenoxy) is 2. The molecule has 3 rings (SSSR count). The van der Waals surface area contributed by atoms with E-state index in [0.717, 1.165) is 0 Å². The smallest absolute Gasteiger partial charge is 0.167 e. The molecule has 1 aliphatic rings. The highest BCUT2D eigenvalue weighted by atomic mass is 16.5. The second kappa shape index (κ2) is 6.53. The molecular formula is C13H19N5O4. The number of hydrogen-bond acceptors (Lipinski definition) is 8. The van der Waals surface area contributed by atoms with Gasteiger partial charge in [0.15, 0.2) is 17.0 Å². The zero-order chi connectivity index (χ0) is 15.5. The summed E-state index contributed by atoms with van der Waals surface area (Å²) in [5.41, 5.74) is 1.21. The molecule has 22 heavy (non-hydrogen) atoms. The Labute approximate surface area is 126 Å². The highest BCUT2D eigenvalue weighted by Gasteiger charge is 2.35. The monoisotopic (exact) mass is 309 g/mol. The van der Waals surface area contributed by atoms with Gasteiger partial charge < -0.3 is 25.0 Å². The van der Waals surface area contributed by atoms with E-state index in [1.54, 1.807) is 10.9 Å². The molecule has 0 saturated carbocycles. The number of aliphatic hydroxyl groups is 2. The molecule has 3 N–H and O–H groups in total. The van der Waals surface area contributed by atoms with Crippen LogP contribution in [0.5, 0.6) is 0 Å².